The maximum Gasteiger partial charge on any atom is 0.239 e. The second-order valence-electron chi connectivity index (χ2n) is 3.90. The first-order chi connectivity index (χ1) is 8.24. The van der Waals surface area contributed by atoms with Crippen LogP contribution in [-0.2, 0) is 16.2 Å². The maximum atomic E-state index is 11.5. The topological polar surface area (TPSA) is 50.4 Å². The summed E-state index contributed by atoms with van der Waals surface area (Å²) in [4.78, 5) is 16.8. The van der Waals surface area contributed by atoms with Crippen LogP contribution in [0.3, 0.4) is 0 Å². The zero-order chi connectivity index (χ0) is 12.5. The van der Waals surface area contributed by atoms with E-state index in [-0.39, 0.29) is 11.9 Å². The van der Waals surface area contributed by atoms with Crippen molar-refractivity contribution in [3.8, 4) is 0 Å². The zero-order valence-electron chi connectivity index (χ0n) is 10.4. The standard InChI is InChI=1S/C13H20N2O2/c1-3-9-14-13(16)11(2)15-17-10-12-7-5-4-6-8-12/h4-8,11,15H,3,9-10H2,1-2H3,(H,14,16). The van der Waals surface area contributed by atoms with E-state index in [1.807, 2.05) is 37.3 Å². The summed E-state index contributed by atoms with van der Waals surface area (Å²) < 4.78 is 0. The molecule has 0 spiro atoms. The van der Waals surface area contributed by atoms with Crippen molar-refractivity contribution in [3.05, 3.63) is 35.9 Å². The minimum atomic E-state index is -0.342. The Balaban J connectivity index is 2.20. The monoisotopic (exact) mass is 236 g/mol. The van der Waals surface area contributed by atoms with Gasteiger partial charge in [-0.3, -0.25) is 9.63 Å². The lowest BCUT2D eigenvalue weighted by Crippen LogP contribution is -2.42. The first kappa shape index (κ1) is 13.7. The van der Waals surface area contributed by atoms with Gasteiger partial charge in [0.15, 0.2) is 0 Å². The molecule has 0 fully saturated rings. The molecule has 1 aromatic carbocycles. The first-order valence-electron chi connectivity index (χ1n) is 5.93. The molecule has 1 rings (SSSR count). The van der Waals surface area contributed by atoms with E-state index in [1.54, 1.807) is 6.92 Å². The lowest BCUT2D eigenvalue weighted by molar-refractivity contribution is -0.127. The van der Waals surface area contributed by atoms with Gasteiger partial charge in [0.2, 0.25) is 5.91 Å². The van der Waals surface area contributed by atoms with Crippen LogP contribution in [0, 0.1) is 0 Å². The molecule has 17 heavy (non-hydrogen) atoms. The van der Waals surface area contributed by atoms with Crippen LogP contribution in [0.15, 0.2) is 30.3 Å². The molecule has 0 saturated carbocycles. The molecule has 0 radical (unpaired) electrons. The quantitative estimate of drug-likeness (QED) is 0.707. The Bertz CT molecular complexity index is 327. The molecule has 0 aliphatic heterocycles. The molecule has 1 unspecified atom stereocenters. The van der Waals surface area contributed by atoms with Gasteiger partial charge in [0.05, 0.1) is 6.61 Å². The molecule has 0 bridgehead atoms. The van der Waals surface area contributed by atoms with Crippen LogP contribution in [-0.4, -0.2) is 18.5 Å². The average molecular weight is 236 g/mol. The van der Waals surface area contributed by atoms with Crippen molar-refractivity contribution in [1.29, 1.82) is 0 Å². The number of amides is 1. The second-order valence-corrected chi connectivity index (χ2v) is 3.90. The zero-order valence-corrected chi connectivity index (χ0v) is 10.4. The second kappa shape index (κ2) is 7.81. The van der Waals surface area contributed by atoms with Crippen LogP contribution in [0.2, 0.25) is 0 Å². The van der Waals surface area contributed by atoms with Crippen LogP contribution in [0.5, 0.6) is 0 Å². The van der Waals surface area contributed by atoms with E-state index < -0.39 is 0 Å². The van der Waals surface area contributed by atoms with E-state index in [4.69, 9.17) is 4.84 Å². The van der Waals surface area contributed by atoms with Crippen molar-refractivity contribution in [3.63, 3.8) is 0 Å². The van der Waals surface area contributed by atoms with Gasteiger partial charge in [0.1, 0.15) is 6.04 Å². The summed E-state index contributed by atoms with van der Waals surface area (Å²) in [6.07, 6.45) is 0.934. The Morgan fingerprint density at radius 1 is 1.35 bits per heavy atom. The Morgan fingerprint density at radius 3 is 2.71 bits per heavy atom. The molecule has 1 aromatic rings. The minimum Gasteiger partial charge on any atom is -0.355 e. The average Bonchev–Trinajstić information content (AvgIpc) is 2.37. The van der Waals surface area contributed by atoms with Crippen molar-refractivity contribution >= 4 is 5.91 Å². The summed E-state index contributed by atoms with van der Waals surface area (Å²) in [5, 5.41) is 2.80. The van der Waals surface area contributed by atoms with Gasteiger partial charge < -0.3 is 5.32 Å². The van der Waals surface area contributed by atoms with Crippen LogP contribution >= 0.6 is 0 Å². The Hall–Kier alpha value is -1.39. The highest BCUT2D eigenvalue weighted by atomic mass is 16.6. The number of rotatable bonds is 7. The van der Waals surface area contributed by atoms with Gasteiger partial charge in [-0.2, -0.15) is 5.48 Å². The molecule has 94 valence electrons. The largest absolute Gasteiger partial charge is 0.355 e. The molecule has 0 aliphatic carbocycles. The number of nitrogens with one attached hydrogen (secondary N) is 2. The third-order valence-corrected chi connectivity index (χ3v) is 2.28. The highest BCUT2D eigenvalue weighted by molar-refractivity contribution is 5.81. The maximum absolute atomic E-state index is 11.5. The minimum absolute atomic E-state index is 0.0417. The first-order valence-corrected chi connectivity index (χ1v) is 5.93. The summed E-state index contributed by atoms with van der Waals surface area (Å²) in [5.74, 6) is -0.0417. The van der Waals surface area contributed by atoms with E-state index in [2.05, 4.69) is 10.8 Å². The molecule has 1 amide bonds. The fraction of sp³-hybridized carbons (Fsp3) is 0.462. The van der Waals surface area contributed by atoms with Crippen molar-refractivity contribution in [2.24, 2.45) is 0 Å². The van der Waals surface area contributed by atoms with Crippen LogP contribution in [0.1, 0.15) is 25.8 Å². The number of hydroxylamine groups is 1. The van der Waals surface area contributed by atoms with Crippen LogP contribution in [0.4, 0.5) is 0 Å². The fourth-order valence-electron chi connectivity index (χ4n) is 1.28. The van der Waals surface area contributed by atoms with Crippen LogP contribution in [0.25, 0.3) is 0 Å². The summed E-state index contributed by atoms with van der Waals surface area (Å²) in [5.41, 5.74) is 3.80. The molecule has 2 N–H and O–H groups in total. The predicted molar refractivity (Wildman–Crippen MR) is 67.1 cm³/mol. The van der Waals surface area contributed by atoms with Gasteiger partial charge in [0, 0.05) is 6.54 Å². The number of carbonyl (C=O) groups excluding carboxylic acids is 1. The van der Waals surface area contributed by atoms with Gasteiger partial charge >= 0.3 is 0 Å². The predicted octanol–water partition coefficient (Wildman–Crippen LogP) is 1.62. The third kappa shape index (κ3) is 5.47. The summed E-state index contributed by atoms with van der Waals surface area (Å²) in [7, 11) is 0. The normalized spacial score (nSPS) is 12.1. The SMILES string of the molecule is CCCNC(=O)C(C)NOCc1ccccc1. The summed E-state index contributed by atoms with van der Waals surface area (Å²) in [6.45, 7) is 4.94. The molecule has 4 nitrogen and oxygen atoms in total. The van der Waals surface area contributed by atoms with Crippen LogP contribution < -0.4 is 10.8 Å². The lowest BCUT2D eigenvalue weighted by Gasteiger charge is -2.13. The van der Waals surface area contributed by atoms with Gasteiger partial charge in [-0.1, -0.05) is 37.3 Å². The molecule has 4 heteroatoms. The smallest absolute Gasteiger partial charge is 0.239 e. The van der Waals surface area contributed by atoms with Crippen molar-refractivity contribution in [1.82, 2.24) is 10.8 Å². The number of carbonyl (C=O) groups is 1. The van der Waals surface area contributed by atoms with E-state index in [9.17, 15) is 4.79 Å². The van der Waals surface area contributed by atoms with E-state index in [0.29, 0.717) is 13.2 Å². The van der Waals surface area contributed by atoms with E-state index >= 15 is 0 Å². The fourth-order valence-corrected chi connectivity index (χ4v) is 1.28. The third-order valence-electron chi connectivity index (χ3n) is 2.28. The van der Waals surface area contributed by atoms with Crippen molar-refractivity contribution in [2.75, 3.05) is 6.54 Å². The Labute approximate surface area is 102 Å². The van der Waals surface area contributed by atoms with Crippen molar-refractivity contribution in [2.45, 2.75) is 32.9 Å². The Kier molecular flexibility index (Phi) is 6.29. The highest BCUT2D eigenvalue weighted by Gasteiger charge is 2.10. The molecule has 1 atom stereocenters. The van der Waals surface area contributed by atoms with Gasteiger partial charge in [-0.15, -0.1) is 0 Å². The molecule has 0 aliphatic rings. The van der Waals surface area contributed by atoms with E-state index in [0.717, 1.165) is 12.0 Å². The molecule has 0 aromatic heterocycles. The lowest BCUT2D eigenvalue weighted by atomic mass is 10.2. The van der Waals surface area contributed by atoms with E-state index in [1.165, 1.54) is 0 Å². The summed E-state index contributed by atoms with van der Waals surface area (Å²) >= 11 is 0. The van der Waals surface area contributed by atoms with Gasteiger partial charge in [-0.25, -0.2) is 0 Å². The Morgan fingerprint density at radius 2 is 2.06 bits per heavy atom. The van der Waals surface area contributed by atoms with Gasteiger partial charge in [0.25, 0.3) is 0 Å². The highest BCUT2D eigenvalue weighted by Crippen LogP contribution is 1.99. The number of hydrogen-bond acceptors (Lipinski definition) is 3. The summed E-state index contributed by atoms with van der Waals surface area (Å²) in [6, 6.07) is 9.47. The number of hydrogen-bond donors (Lipinski definition) is 2. The van der Waals surface area contributed by atoms with Crippen molar-refractivity contribution < 1.29 is 9.63 Å². The van der Waals surface area contributed by atoms with Gasteiger partial charge in [-0.05, 0) is 18.9 Å². The molecule has 0 saturated heterocycles. The number of benzene rings is 1. The molecule has 0 heterocycles. The molecular formula is C13H20N2O2. The molecular weight excluding hydrogens is 216 g/mol.